The van der Waals surface area contributed by atoms with E-state index in [1.807, 2.05) is 0 Å². The molecular formula is C10H6BrF3N2O3. The van der Waals surface area contributed by atoms with Crippen molar-refractivity contribution in [2.24, 2.45) is 0 Å². The number of phenolic OH excluding ortho intramolecular Hbond substituents is 1. The fourth-order valence-electron chi connectivity index (χ4n) is 1.31. The lowest BCUT2D eigenvalue weighted by Crippen LogP contribution is -2.04. The maximum absolute atomic E-state index is 12.3. The van der Waals surface area contributed by atoms with E-state index in [-0.39, 0.29) is 27.4 Å². The van der Waals surface area contributed by atoms with E-state index in [0.717, 1.165) is 0 Å². The molecule has 0 atom stereocenters. The molecule has 2 aromatic rings. The number of aromatic hydroxyl groups is 1. The van der Waals surface area contributed by atoms with Gasteiger partial charge in [-0.2, -0.15) is 18.2 Å². The molecule has 19 heavy (non-hydrogen) atoms. The van der Waals surface area contributed by atoms with Crippen LogP contribution >= 0.6 is 15.9 Å². The van der Waals surface area contributed by atoms with Gasteiger partial charge in [-0.15, -0.1) is 0 Å². The number of phenols is 1. The predicted octanol–water partition coefficient (Wildman–Crippen LogP) is 3.23. The van der Waals surface area contributed by atoms with Crippen molar-refractivity contribution in [2.75, 3.05) is 7.11 Å². The smallest absolute Gasteiger partial charge is 0.471 e. The van der Waals surface area contributed by atoms with Gasteiger partial charge >= 0.3 is 12.1 Å². The van der Waals surface area contributed by atoms with Crippen molar-refractivity contribution < 1.29 is 27.5 Å². The molecule has 1 aromatic heterocycles. The molecule has 0 aliphatic heterocycles. The molecular weight excluding hydrogens is 333 g/mol. The van der Waals surface area contributed by atoms with Crippen LogP contribution in [0.4, 0.5) is 13.2 Å². The van der Waals surface area contributed by atoms with Crippen molar-refractivity contribution in [1.82, 2.24) is 10.1 Å². The van der Waals surface area contributed by atoms with Gasteiger partial charge in [-0.25, -0.2) is 0 Å². The Morgan fingerprint density at radius 3 is 2.58 bits per heavy atom. The van der Waals surface area contributed by atoms with Gasteiger partial charge in [-0.1, -0.05) is 5.16 Å². The molecule has 0 radical (unpaired) electrons. The molecule has 0 fully saturated rings. The van der Waals surface area contributed by atoms with Crippen molar-refractivity contribution in [3.8, 4) is 22.9 Å². The summed E-state index contributed by atoms with van der Waals surface area (Å²) in [6.07, 6.45) is -4.70. The highest BCUT2D eigenvalue weighted by molar-refractivity contribution is 9.10. The first kappa shape index (κ1) is 13.7. The first-order valence-electron chi connectivity index (χ1n) is 4.80. The van der Waals surface area contributed by atoms with Crippen LogP contribution in [0.15, 0.2) is 21.1 Å². The highest BCUT2D eigenvalue weighted by Crippen LogP contribution is 2.38. The van der Waals surface area contributed by atoms with Crippen molar-refractivity contribution in [3.05, 3.63) is 22.5 Å². The normalized spacial score (nSPS) is 11.6. The summed E-state index contributed by atoms with van der Waals surface area (Å²) in [6, 6.07) is 2.65. The first-order chi connectivity index (χ1) is 8.82. The highest BCUT2D eigenvalue weighted by Gasteiger charge is 2.38. The summed E-state index contributed by atoms with van der Waals surface area (Å²) in [5, 5.41) is 12.8. The van der Waals surface area contributed by atoms with E-state index in [0.29, 0.717) is 0 Å². The second-order valence-corrected chi connectivity index (χ2v) is 4.28. The number of rotatable bonds is 2. The summed E-state index contributed by atoms with van der Waals surface area (Å²) < 4.78 is 46.2. The van der Waals surface area contributed by atoms with Crippen molar-refractivity contribution in [1.29, 1.82) is 0 Å². The largest absolute Gasteiger partial charge is 0.503 e. The van der Waals surface area contributed by atoms with Gasteiger partial charge in [0.15, 0.2) is 11.5 Å². The molecule has 0 bridgehead atoms. The number of alkyl halides is 3. The van der Waals surface area contributed by atoms with Gasteiger partial charge in [0.2, 0.25) is 5.82 Å². The maximum Gasteiger partial charge on any atom is 0.471 e. The number of ether oxygens (including phenoxy) is 1. The molecule has 0 saturated carbocycles. The zero-order valence-electron chi connectivity index (χ0n) is 9.32. The lowest BCUT2D eigenvalue weighted by Gasteiger charge is -2.06. The van der Waals surface area contributed by atoms with Gasteiger partial charge in [0.1, 0.15) is 0 Å². The second kappa shape index (κ2) is 4.72. The zero-order valence-corrected chi connectivity index (χ0v) is 10.9. The Bertz CT molecular complexity index is 613. The fourth-order valence-corrected chi connectivity index (χ4v) is 1.76. The van der Waals surface area contributed by atoms with Gasteiger partial charge in [0, 0.05) is 5.56 Å². The van der Waals surface area contributed by atoms with E-state index in [1.165, 1.54) is 19.2 Å². The molecule has 1 heterocycles. The van der Waals surface area contributed by atoms with Crippen LogP contribution in [0.2, 0.25) is 0 Å². The first-order valence-corrected chi connectivity index (χ1v) is 5.60. The van der Waals surface area contributed by atoms with E-state index >= 15 is 0 Å². The third-order valence-corrected chi connectivity index (χ3v) is 2.78. The Labute approximate surface area is 113 Å². The Morgan fingerprint density at radius 1 is 1.37 bits per heavy atom. The van der Waals surface area contributed by atoms with Crippen molar-refractivity contribution in [3.63, 3.8) is 0 Å². The molecule has 9 heteroatoms. The van der Waals surface area contributed by atoms with E-state index < -0.39 is 12.1 Å². The quantitative estimate of drug-likeness (QED) is 0.910. The summed E-state index contributed by atoms with van der Waals surface area (Å²) in [6.45, 7) is 0. The monoisotopic (exact) mass is 338 g/mol. The van der Waals surface area contributed by atoms with Crippen LogP contribution in [0.5, 0.6) is 11.5 Å². The average molecular weight is 339 g/mol. The minimum Gasteiger partial charge on any atom is -0.503 e. The van der Waals surface area contributed by atoms with Crippen molar-refractivity contribution >= 4 is 15.9 Å². The fraction of sp³-hybridized carbons (Fsp3) is 0.200. The van der Waals surface area contributed by atoms with Gasteiger partial charge in [-0.3, -0.25) is 0 Å². The molecule has 102 valence electrons. The maximum atomic E-state index is 12.3. The van der Waals surface area contributed by atoms with E-state index in [9.17, 15) is 18.3 Å². The molecule has 1 N–H and O–H groups in total. The number of halogens is 4. The third-order valence-electron chi connectivity index (χ3n) is 2.18. The molecule has 0 spiro atoms. The summed E-state index contributed by atoms with van der Waals surface area (Å²) in [5.41, 5.74) is 0.209. The number of benzene rings is 1. The van der Waals surface area contributed by atoms with Crippen LogP contribution in [0.1, 0.15) is 5.89 Å². The Hall–Kier alpha value is -1.77. The average Bonchev–Trinajstić information content (AvgIpc) is 2.81. The molecule has 0 aliphatic rings. The van der Waals surface area contributed by atoms with Crippen LogP contribution in [0.25, 0.3) is 11.4 Å². The van der Waals surface area contributed by atoms with Crippen LogP contribution in [0.3, 0.4) is 0 Å². The third kappa shape index (κ3) is 2.65. The number of hydrogen-bond acceptors (Lipinski definition) is 5. The molecule has 0 unspecified atom stereocenters. The number of hydrogen-bond donors (Lipinski definition) is 1. The van der Waals surface area contributed by atoms with Crippen LogP contribution in [-0.4, -0.2) is 22.4 Å². The van der Waals surface area contributed by atoms with Gasteiger partial charge < -0.3 is 14.4 Å². The number of nitrogens with zero attached hydrogens (tertiary/aromatic N) is 2. The molecule has 0 saturated heterocycles. The van der Waals surface area contributed by atoms with Crippen LogP contribution < -0.4 is 4.74 Å². The second-order valence-electron chi connectivity index (χ2n) is 3.43. The van der Waals surface area contributed by atoms with Gasteiger partial charge in [-0.05, 0) is 28.1 Å². The standard InChI is InChI=1S/C10H6BrF3N2O3/c1-18-6-3-4(2-5(11)7(6)17)8-15-9(19-16-8)10(12,13)14/h2-3,17H,1H3. The molecule has 2 rings (SSSR count). The topological polar surface area (TPSA) is 68.4 Å². The molecule has 0 amide bonds. The zero-order chi connectivity index (χ0) is 14.2. The summed E-state index contributed by atoms with van der Waals surface area (Å²) in [7, 11) is 1.31. The summed E-state index contributed by atoms with van der Waals surface area (Å²) in [5.74, 6) is -1.80. The summed E-state index contributed by atoms with van der Waals surface area (Å²) >= 11 is 3.04. The van der Waals surface area contributed by atoms with E-state index in [2.05, 4.69) is 30.6 Å². The molecule has 5 nitrogen and oxygen atoms in total. The molecule has 1 aromatic carbocycles. The number of aromatic nitrogens is 2. The van der Waals surface area contributed by atoms with Gasteiger partial charge in [0.05, 0.1) is 11.6 Å². The van der Waals surface area contributed by atoms with Gasteiger partial charge in [0.25, 0.3) is 0 Å². The summed E-state index contributed by atoms with van der Waals surface area (Å²) in [4.78, 5) is 3.24. The molecule has 0 aliphatic carbocycles. The number of methoxy groups -OCH3 is 1. The Kier molecular flexibility index (Phi) is 3.40. The minimum absolute atomic E-state index is 0.0720. The lowest BCUT2D eigenvalue weighted by molar-refractivity contribution is -0.159. The predicted molar refractivity (Wildman–Crippen MR) is 60.7 cm³/mol. The van der Waals surface area contributed by atoms with Crippen molar-refractivity contribution in [2.45, 2.75) is 6.18 Å². The van der Waals surface area contributed by atoms with E-state index in [4.69, 9.17) is 4.74 Å². The SMILES string of the molecule is COc1cc(-c2noc(C(F)(F)F)n2)cc(Br)c1O. The van der Waals surface area contributed by atoms with E-state index in [1.54, 1.807) is 0 Å². The Morgan fingerprint density at radius 2 is 2.05 bits per heavy atom. The Balaban J connectivity index is 2.48. The van der Waals surface area contributed by atoms with Crippen LogP contribution in [0, 0.1) is 0 Å². The minimum atomic E-state index is -4.70. The lowest BCUT2D eigenvalue weighted by atomic mass is 10.2. The van der Waals surface area contributed by atoms with Crippen LogP contribution in [-0.2, 0) is 6.18 Å². The highest BCUT2D eigenvalue weighted by atomic mass is 79.9.